The number of nitrogens with two attached hydrogens (primary N) is 1. The minimum Gasteiger partial charge on any atom is -0.320 e. The predicted molar refractivity (Wildman–Crippen MR) is 91.1 cm³/mol. The van der Waals surface area contributed by atoms with Gasteiger partial charge in [0.1, 0.15) is 0 Å². The first-order chi connectivity index (χ1) is 10.3. The van der Waals surface area contributed by atoms with Crippen LogP contribution in [0, 0.1) is 0 Å². The lowest BCUT2D eigenvalue weighted by Crippen LogP contribution is -2.12. The summed E-state index contributed by atoms with van der Waals surface area (Å²) in [6.07, 6.45) is 3.39. The van der Waals surface area contributed by atoms with Crippen molar-refractivity contribution in [3.63, 3.8) is 0 Å². The normalized spacial score (nSPS) is 14.8. The first kappa shape index (κ1) is 13.1. The van der Waals surface area contributed by atoms with Gasteiger partial charge < -0.3 is 5.73 Å². The molecule has 1 unspecified atom stereocenters. The standard InChI is InChI=1S/C19H19NS/c1-2-12-10-11-21-19(12)18(20)16-9-8-14-7-6-13-4-3-5-15(16)17(13)14/h3-5,8-11,18H,2,6-7,20H2,1H3. The van der Waals surface area contributed by atoms with E-state index < -0.39 is 0 Å². The number of benzene rings is 2. The van der Waals surface area contributed by atoms with Gasteiger partial charge in [-0.25, -0.2) is 0 Å². The molecule has 1 aliphatic carbocycles. The van der Waals surface area contributed by atoms with Crippen molar-refractivity contribution in [3.05, 3.63) is 68.9 Å². The summed E-state index contributed by atoms with van der Waals surface area (Å²) in [6.45, 7) is 2.20. The van der Waals surface area contributed by atoms with E-state index in [1.165, 1.54) is 50.7 Å². The quantitative estimate of drug-likeness (QED) is 0.749. The summed E-state index contributed by atoms with van der Waals surface area (Å²) in [5.74, 6) is 0. The Morgan fingerprint density at radius 2 is 1.90 bits per heavy atom. The van der Waals surface area contributed by atoms with E-state index in [2.05, 4.69) is 48.7 Å². The van der Waals surface area contributed by atoms with E-state index in [0.29, 0.717) is 0 Å². The maximum Gasteiger partial charge on any atom is 0.0654 e. The zero-order valence-electron chi connectivity index (χ0n) is 12.2. The monoisotopic (exact) mass is 293 g/mol. The molecule has 0 radical (unpaired) electrons. The third kappa shape index (κ3) is 1.94. The molecule has 4 rings (SSSR count). The molecule has 0 amide bonds. The molecule has 106 valence electrons. The van der Waals surface area contributed by atoms with Crippen molar-refractivity contribution in [1.82, 2.24) is 0 Å². The highest BCUT2D eigenvalue weighted by Gasteiger charge is 2.20. The van der Waals surface area contributed by atoms with Gasteiger partial charge in [0.15, 0.2) is 0 Å². The van der Waals surface area contributed by atoms with E-state index in [-0.39, 0.29) is 6.04 Å². The van der Waals surface area contributed by atoms with Crippen LogP contribution in [0.5, 0.6) is 0 Å². The van der Waals surface area contributed by atoms with Gasteiger partial charge in [-0.15, -0.1) is 11.3 Å². The predicted octanol–water partition coefficient (Wildman–Crippen LogP) is 4.61. The Hall–Kier alpha value is -1.64. The molecule has 0 fully saturated rings. The minimum atomic E-state index is -0.00940. The summed E-state index contributed by atoms with van der Waals surface area (Å²) in [6, 6.07) is 13.4. The highest BCUT2D eigenvalue weighted by atomic mass is 32.1. The fourth-order valence-electron chi connectivity index (χ4n) is 3.59. The van der Waals surface area contributed by atoms with Crippen molar-refractivity contribution in [3.8, 4) is 0 Å². The van der Waals surface area contributed by atoms with Crippen LogP contribution in [-0.4, -0.2) is 0 Å². The zero-order valence-corrected chi connectivity index (χ0v) is 13.0. The summed E-state index contributed by atoms with van der Waals surface area (Å²) in [7, 11) is 0. The Balaban J connectivity index is 1.92. The van der Waals surface area contributed by atoms with E-state index in [0.717, 1.165) is 6.42 Å². The third-order valence-corrected chi connectivity index (χ3v) is 5.73. The van der Waals surface area contributed by atoms with Gasteiger partial charge in [0.25, 0.3) is 0 Å². The van der Waals surface area contributed by atoms with Gasteiger partial charge in [0.05, 0.1) is 6.04 Å². The molecule has 2 heteroatoms. The molecule has 1 atom stereocenters. The largest absolute Gasteiger partial charge is 0.320 e. The molecule has 3 aromatic rings. The molecule has 1 nitrogen and oxygen atoms in total. The summed E-state index contributed by atoms with van der Waals surface area (Å²) < 4.78 is 0. The van der Waals surface area contributed by atoms with Crippen LogP contribution in [0.1, 0.15) is 40.1 Å². The van der Waals surface area contributed by atoms with E-state index >= 15 is 0 Å². The highest BCUT2D eigenvalue weighted by molar-refractivity contribution is 7.10. The Morgan fingerprint density at radius 3 is 2.71 bits per heavy atom. The maximum atomic E-state index is 6.63. The molecule has 0 spiro atoms. The molecule has 0 bridgehead atoms. The lowest BCUT2D eigenvalue weighted by atomic mass is 9.94. The molecule has 2 aromatic carbocycles. The Kier molecular flexibility index (Phi) is 3.09. The molecule has 1 aromatic heterocycles. The average Bonchev–Trinajstić information content (AvgIpc) is 3.15. The van der Waals surface area contributed by atoms with E-state index in [1.54, 1.807) is 11.3 Å². The SMILES string of the molecule is CCc1ccsc1C(N)c1ccc2c3c(cccc13)CC2. The van der Waals surface area contributed by atoms with Crippen LogP contribution in [0.4, 0.5) is 0 Å². The van der Waals surface area contributed by atoms with Crippen molar-refractivity contribution in [2.45, 2.75) is 32.2 Å². The number of aryl methyl sites for hydroxylation is 3. The second kappa shape index (κ2) is 4.97. The fourth-order valence-corrected chi connectivity index (χ4v) is 4.61. The molecule has 21 heavy (non-hydrogen) atoms. The van der Waals surface area contributed by atoms with Crippen molar-refractivity contribution in [1.29, 1.82) is 0 Å². The smallest absolute Gasteiger partial charge is 0.0654 e. The van der Waals surface area contributed by atoms with Crippen LogP contribution in [0.15, 0.2) is 41.8 Å². The summed E-state index contributed by atoms with van der Waals surface area (Å²) in [5, 5.41) is 4.97. The van der Waals surface area contributed by atoms with Gasteiger partial charge in [-0.1, -0.05) is 37.3 Å². The van der Waals surface area contributed by atoms with Crippen LogP contribution < -0.4 is 5.73 Å². The second-order valence-corrected chi connectivity index (χ2v) is 6.74. The van der Waals surface area contributed by atoms with Crippen LogP contribution in [-0.2, 0) is 19.3 Å². The second-order valence-electron chi connectivity index (χ2n) is 5.79. The number of hydrogen-bond acceptors (Lipinski definition) is 2. The van der Waals surface area contributed by atoms with E-state index in [4.69, 9.17) is 5.73 Å². The molecular weight excluding hydrogens is 274 g/mol. The van der Waals surface area contributed by atoms with Gasteiger partial charge >= 0.3 is 0 Å². The van der Waals surface area contributed by atoms with E-state index in [9.17, 15) is 0 Å². The van der Waals surface area contributed by atoms with E-state index in [1.807, 2.05) is 0 Å². The summed E-state index contributed by atoms with van der Waals surface area (Å²) in [5.41, 5.74) is 12.3. The Bertz CT molecular complexity index is 805. The minimum absolute atomic E-state index is 0.00940. The fraction of sp³-hybridized carbons (Fsp3) is 0.263. The molecule has 2 N–H and O–H groups in total. The van der Waals surface area contributed by atoms with Crippen molar-refractivity contribution in [2.24, 2.45) is 5.73 Å². The van der Waals surface area contributed by atoms with Crippen LogP contribution >= 0.6 is 11.3 Å². The van der Waals surface area contributed by atoms with Crippen molar-refractivity contribution in [2.75, 3.05) is 0 Å². The number of hydrogen-bond donors (Lipinski definition) is 1. The van der Waals surface area contributed by atoms with Gasteiger partial charge in [-0.2, -0.15) is 0 Å². The van der Waals surface area contributed by atoms with Gasteiger partial charge in [-0.3, -0.25) is 0 Å². The first-order valence-corrected chi connectivity index (χ1v) is 8.52. The maximum absolute atomic E-state index is 6.63. The number of rotatable bonds is 3. The Labute approximate surface area is 129 Å². The molecule has 0 saturated carbocycles. The van der Waals surface area contributed by atoms with Crippen molar-refractivity contribution < 1.29 is 0 Å². The summed E-state index contributed by atoms with van der Waals surface area (Å²) >= 11 is 1.78. The molecule has 0 aliphatic heterocycles. The van der Waals surface area contributed by atoms with Gasteiger partial charge in [-0.05, 0) is 63.7 Å². The lowest BCUT2D eigenvalue weighted by Gasteiger charge is -2.16. The first-order valence-electron chi connectivity index (χ1n) is 7.64. The van der Waals surface area contributed by atoms with Crippen LogP contribution in [0.2, 0.25) is 0 Å². The van der Waals surface area contributed by atoms with Crippen LogP contribution in [0.3, 0.4) is 0 Å². The third-order valence-electron chi connectivity index (χ3n) is 4.69. The average molecular weight is 293 g/mol. The lowest BCUT2D eigenvalue weighted by molar-refractivity contribution is 0.882. The molecule has 1 aliphatic rings. The van der Waals surface area contributed by atoms with Gasteiger partial charge in [0, 0.05) is 4.88 Å². The van der Waals surface area contributed by atoms with Crippen molar-refractivity contribution >= 4 is 22.1 Å². The molecule has 0 saturated heterocycles. The topological polar surface area (TPSA) is 26.0 Å². The highest BCUT2D eigenvalue weighted by Crippen LogP contribution is 2.37. The number of thiophene rings is 1. The molecular formula is C19H19NS. The Morgan fingerprint density at radius 1 is 1.10 bits per heavy atom. The van der Waals surface area contributed by atoms with Crippen LogP contribution in [0.25, 0.3) is 10.8 Å². The summed E-state index contributed by atoms with van der Waals surface area (Å²) in [4.78, 5) is 1.32. The molecule has 1 heterocycles. The van der Waals surface area contributed by atoms with Gasteiger partial charge in [0.2, 0.25) is 0 Å². The zero-order chi connectivity index (χ0) is 14.4.